The Kier molecular flexibility index (Phi) is 5.63. The summed E-state index contributed by atoms with van der Waals surface area (Å²) >= 11 is 2.94. The zero-order valence-corrected chi connectivity index (χ0v) is 16.7. The largest absolute Gasteiger partial charge is 0.347 e. The molecule has 0 aliphatic rings. The van der Waals surface area contributed by atoms with Crippen molar-refractivity contribution in [2.75, 3.05) is 6.54 Å². The van der Waals surface area contributed by atoms with Crippen LogP contribution in [0.5, 0.6) is 0 Å². The summed E-state index contributed by atoms with van der Waals surface area (Å²) in [6, 6.07) is 8.00. The third-order valence-electron chi connectivity index (χ3n) is 4.14. The highest BCUT2D eigenvalue weighted by molar-refractivity contribution is 7.15. The number of carbonyl (C=O) groups is 2. The van der Waals surface area contributed by atoms with Crippen LogP contribution in [0.15, 0.2) is 46.5 Å². The van der Waals surface area contributed by atoms with Crippen molar-refractivity contribution in [3.8, 4) is 11.4 Å². The van der Waals surface area contributed by atoms with Gasteiger partial charge in [0.2, 0.25) is 4.96 Å². The van der Waals surface area contributed by atoms with E-state index in [9.17, 15) is 14.0 Å². The fourth-order valence-corrected chi connectivity index (χ4v) is 4.21. The number of halogens is 1. The lowest BCUT2D eigenvalue weighted by molar-refractivity contribution is -0.139. The molecule has 4 rings (SSSR count). The fourth-order valence-electron chi connectivity index (χ4n) is 2.69. The number of rotatable bonds is 6. The third-order valence-corrected chi connectivity index (χ3v) is 5.74. The molecule has 7 nitrogen and oxygen atoms in total. The highest BCUT2D eigenvalue weighted by Gasteiger charge is 2.15. The first-order valence-electron chi connectivity index (χ1n) is 8.76. The molecule has 0 saturated heterocycles. The van der Waals surface area contributed by atoms with Gasteiger partial charge in [-0.25, -0.2) is 8.91 Å². The van der Waals surface area contributed by atoms with E-state index in [4.69, 9.17) is 0 Å². The van der Waals surface area contributed by atoms with Gasteiger partial charge in [0.15, 0.2) is 5.82 Å². The Morgan fingerprint density at radius 2 is 2.00 bits per heavy atom. The first-order valence-corrected chi connectivity index (χ1v) is 10.6. The Morgan fingerprint density at radius 1 is 1.14 bits per heavy atom. The van der Waals surface area contributed by atoms with Gasteiger partial charge in [0, 0.05) is 30.5 Å². The van der Waals surface area contributed by atoms with Gasteiger partial charge < -0.3 is 10.6 Å². The summed E-state index contributed by atoms with van der Waals surface area (Å²) in [5.41, 5.74) is 2.40. The van der Waals surface area contributed by atoms with Gasteiger partial charge in [0.25, 0.3) is 0 Å². The Morgan fingerprint density at radius 3 is 2.79 bits per heavy atom. The highest BCUT2D eigenvalue weighted by atomic mass is 32.1. The SMILES string of the molecule is O=C(NCCc1csc2nc(-c3cccc(F)c3)nn12)C(=O)NCc1ccsc1. The van der Waals surface area contributed by atoms with Gasteiger partial charge in [-0.3, -0.25) is 9.59 Å². The van der Waals surface area contributed by atoms with E-state index in [2.05, 4.69) is 20.7 Å². The number of thiophene rings is 1. The second-order valence-corrected chi connectivity index (χ2v) is 7.80. The van der Waals surface area contributed by atoms with Crippen LogP contribution in [0.25, 0.3) is 16.3 Å². The van der Waals surface area contributed by atoms with Crippen LogP contribution in [0.1, 0.15) is 11.3 Å². The van der Waals surface area contributed by atoms with Gasteiger partial charge >= 0.3 is 11.8 Å². The normalized spacial score (nSPS) is 10.9. The number of hydrogen-bond donors (Lipinski definition) is 2. The van der Waals surface area contributed by atoms with Gasteiger partial charge in [-0.2, -0.15) is 16.3 Å². The summed E-state index contributed by atoms with van der Waals surface area (Å²) in [4.78, 5) is 28.9. The van der Waals surface area contributed by atoms with Crippen LogP contribution >= 0.6 is 22.7 Å². The number of thiazole rings is 1. The smallest absolute Gasteiger partial charge is 0.309 e. The molecule has 1 aromatic carbocycles. The Balaban J connectivity index is 1.33. The lowest BCUT2D eigenvalue weighted by Gasteiger charge is -2.05. The number of nitrogens with zero attached hydrogens (tertiary/aromatic N) is 3. The molecule has 0 bridgehead atoms. The summed E-state index contributed by atoms with van der Waals surface area (Å²) in [5, 5.41) is 15.3. The van der Waals surface area contributed by atoms with Gasteiger partial charge in [-0.1, -0.05) is 12.1 Å². The molecular weight excluding hydrogens is 413 g/mol. The van der Waals surface area contributed by atoms with Crippen molar-refractivity contribution in [3.63, 3.8) is 0 Å². The van der Waals surface area contributed by atoms with E-state index >= 15 is 0 Å². The number of hydrogen-bond acceptors (Lipinski definition) is 6. The van der Waals surface area contributed by atoms with Crippen molar-refractivity contribution in [1.29, 1.82) is 0 Å². The summed E-state index contributed by atoms with van der Waals surface area (Å²) in [6.45, 7) is 0.606. The van der Waals surface area contributed by atoms with E-state index in [1.165, 1.54) is 34.8 Å². The van der Waals surface area contributed by atoms with Gasteiger partial charge in [0.1, 0.15) is 5.82 Å². The second kappa shape index (κ2) is 8.50. The summed E-state index contributed by atoms with van der Waals surface area (Å²) in [6.07, 6.45) is 0.482. The average Bonchev–Trinajstić information content (AvgIpc) is 3.44. The van der Waals surface area contributed by atoms with E-state index in [0.29, 0.717) is 29.3 Å². The maximum Gasteiger partial charge on any atom is 0.309 e. The fraction of sp³-hybridized carbons (Fsp3) is 0.158. The van der Waals surface area contributed by atoms with E-state index in [0.717, 1.165) is 11.3 Å². The minimum atomic E-state index is -0.675. The van der Waals surface area contributed by atoms with Crippen LogP contribution in [-0.2, 0) is 22.6 Å². The van der Waals surface area contributed by atoms with Crippen molar-refractivity contribution in [2.24, 2.45) is 0 Å². The van der Waals surface area contributed by atoms with E-state index in [-0.39, 0.29) is 12.4 Å². The maximum atomic E-state index is 13.4. The lowest BCUT2D eigenvalue weighted by Crippen LogP contribution is -2.40. The zero-order valence-electron chi connectivity index (χ0n) is 15.1. The molecule has 0 unspecified atom stereocenters. The van der Waals surface area contributed by atoms with Crippen molar-refractivity contribution in [1.82, 2.24) is 25.2 Å². The highest BCUT2D eigenvalue weighted by Crippen LogP contribution is 2.21. The van der Waals surface area contributed by atoms with Gasteiger partial charge in [0.05, 0.1) is 5.69 Å². The molecular formula is C19H16FN5O2S2. The molecule has 0 spiro atoms. The minimum absolute atomic E-state index is 0.283. The van der Waals surface area contributed by atoms with Crippen LogP contribution in [0.3, 0.4) is 0 Å². The van der Waals surface area contributed by atoms with Crippen molar-refractivity contribution < 1.29 is 14.0 Å². The number of carbonyl (C=O) groups excluding carboxylic acids is 2. The monoisotopic (exact) mass is 429 g/mol. The minimum Gasteiger partial charge on any atom is -0.347 e. The molecule has 0 aliphatic heterocycles. The molecule has 3 aromatic heterocycles. The molecule has 10 heteroatoms. The molecule has 0 aliphatic carbocycles. The van der Waals surface area contributed by atoms with E-state index < -0.39 is 11.8 Å². The van der Waals surface area contributed by atoms with Gasteiger partial charge in [-0.05, 0) is 34.5 Å². The molecule has 2 N–H and O–H groups in total. The quantitative estimate of drug-likeness (QED) is 0.461. The molecule has 29 heavy (non-hydrogen) atoms. The van der Waals surface area contributed by atoms with E-state index in [1.54, 1.807) is 16.6 Å². The molecule has 0 radical (unpaired) electrons. The van der Waals surface area contributed by atoms with Crippen molar-refractivity contribution in [2.45, 2.75) is 13.0 Å². The molecule has 0 saturated carbocycles. The summed E-state index contributed by atoms with van der Waals surface area (Å²) in [5.74, 6) is -1.25. The lowest BCUT2D eigenvalue weighted by atomic mass is 10.2. The van der Waals surface area contributed by atoms with Crippen LogP contribution in [0, 0.1) is 5.82 Å². The molecule has 148 valence electrons. The molecule has 0 fully saturated rings. The Labute approximate surface area is 173 Å². The number of amides is 2. The molecule has 3 heterocycles. The van der Waals surface area contributed by atoms with Crippen molar-refractivity contribution in [3.05, 3.63) is 63.5 Å². The maximum absolute atomic E-state index is 13.4. The molecule has 0 atom stereocenters. The topological polar surface area (TPSA) is 88.4 Å². The summed E-state index contributed by atoms with van der Waals surface area (Å²) in [7, 11) is 0. The van der Waals surface area contributed by atoms with Gasteiger partial charge in [-0.15, -0.1) is 16.4 Å². The van der Waals surface area contributed by atoms with Crippen LogP contribution in [-0.4, -0.2) is 33.0 Å². The Bertz CT molecular complexity index is 1150. The predicted molar refractivity (Wildman–Crippen MR) is 109 cm³/mol. The standard InChI is InChI=1S/C19H16FN5O2S2/c20-14-3-1-2-13(8-14)16-23-19-25(24-16)15(11-29-19)4-6-21-17(26)18(27)22-9-12-5-7-28-10-12/h1-3,5,7-8,10-11H,4,6,9H2,(H,21,26)(H,22,27). The Hall–Kier alpha value is -3.11. The van der Waals surface area contributed by atoms with Crippen LogP contribution in [0.2, 0.25) is 0 Å². The third kappa shape index (κ3) is 4.49. The summed E-state index contributed by atoms with van der Waals surface area (Å²) < 4.78 is 15.1. The predicted octanol–water partition coefficient (Wildman–Crippen LogP) is 2.63. The average molecular weight is 430 g/mol. The first-order chi connectivity index (χ1) is 14.1. The molecule has 4 aromatic rings. The zero-order chi connectivity index (χ0) is 20.2. The van der Waals surface area contributed by atoms with Crippen molar-refractivity contribution >= 4 is 39.4 Å². The second-order valence-electron chi connectivity index (χ2n) is 6.19. The first kappa shape index (κ1) is 19.2. The number of nitrogens with one attached hydrogen (secondary N) is 2. The van der Waals surface area contributed by atoms with Crippen LogP contribution < -0.4 is 10.6 Å². The molecule has 2 amide bonds. The number of benzene rings is 1. The number of aromatic nitrogens is 3. The van der Waals surface area contributed by atoms with Crippen LogP contribution in [0.4, 0.5) is 4.39 Å². The van der Waals surface area contributed by atoms with E-state index in [1.807, 2.05) is 22.2 Å². The number of fused-ring (bicyclic) bond motifs is 1.